The Balaban J connectivity index is 1.51. The second-order valence-electron chi connectivity index (χ2n) is 10.5. The average Bonchev–Trinajstić information content (AvgIpc) is 3.30. The molecule has 0 spiro atoms. The third-order valence-corrected chi connectivity index (χ3v) is 9.66. The molecule has 2 aromatic carbocycles. The molecule has 0 radical (unpaired) electrons. The van der Waals surface area contributed by atoms with Crippen molar-refractivity contribution < 1.29 is 26.4 Å². The second-order valence-corrected chi connectivity index (χ2v) is 14.1. The lowest BCUT2D eigenvalue weighted by Gasteiger charge is -2.39. The van der Waals surface area contributed by atoms with Crippen LogP contribution < -0.4 is 4.72 Å². The predicted molar refractivity (Wildman–Crippen MR) is 146 cm³/mol. The number of aromatic nitrogens is 1. The largest absolute Gasteiger partial charge is 0.444 e. The number of rotatable bonds is 5. The van der Waals surface area contributed by atoms with E-state index in [9.17, 15) is 26.9 Å². The Morgan fingerprint density at radius 3 is 2.31 bits per heavy atom. The zero-order valence-corrected chi connectivity index (χ0v) is 24.0. The van der Waals surface area contributed by atoms with Gasteiger partial charge in [0, 0.05) is 37.3 Å². The number of sulfonamides is 2. The molecule has 1 unspecified atom stereocenters. The van der Waals surface area contributed by atoms with E-state index in [0.29, 0.717) is 16.5 Å². The van der Waals surface area contributed by atoms with Gasteiger partial charge >= 0.3 is 6.09 Å². The molecule has 1 aliphatic heterocycles. The van der Waals surface area contributed by atoms with E-state index in [-0.39, 0.29) is 35.1 Å². The molecule has 13 heteroatoms. The van der Waals surface area contributed by atoms with Crippen LogP contribution in [-0.2, 0) is 24.8 Å². The van der Waals surface area contributed by atoms with Gasteiger partial charge in [0.1, 0.15) is 11.7 Å². The van der Waals surface area contributed by atoms with Crippen LogP contribution in [0.25, 0.3) is 10.9 Å². The summed E-state index contributed by atoms with van der Waals surface area (Å²) in [5.74, 6) is 0. The molecule has 4 rings (SSSR count). The van der Waals surface area contributed by atoms with Crippen LogP contribution in [0.1, 0.15) is 38.8 Å². The van der Waals surface area contributed by atoms with Gasteiger partial charge in [-0.05, 0) is 70.5 Å². The summed E-state index contributed by atoms with van der Waals surface area (Å²) < 4.78 is 62.0. The quantitative estimate of drug-likeness (QED) is 0.471. The van der Waals surface area contributed by atoms with Crippen LogP contribution in [0.15, 0.2) is 52.4 Å². The molecule has 1 aliphatic rings. The second kappa shape index (κ2) is 10.2. The molecule has 39 heavy (non-hydrogen) atoms. The number of nitrogens with one attached hydrogen (secondary N) is 2. The summed E-state index contributed by atoms with van der Waals surface area (Å²) in [4.78, 5) is 16.7. The number of aromatic amines is 1. The first-order valence-corrected chi connectivity index (χ1v) is 15.2. The van der Waals surface area contributed by atoms with E-state index in [1.165, 1.54) is 39.7 Å². The van der Waals surface area contributed by atoms with Gasteiger partial charge in [-0.25, -0.2) is 21.6 Å². The number of aryl methyl sites for hydroxylation is 1. The number of hydrogen-bond acceptors (Lipinski definition) is 7. The Kier molecular flexibility index (Phi) is 7.41. The average molecular weight is 574 g/mol. The molecule has 0 aliphatic carbocycles. The maximum atomic E-state index is 13.3. The highest BCUT2D eigenvalue weighted by Gasteiger charge is 2.36. The number of H-pyrrole nitrogens is 1. The molecule has 3 aromatic rings. The molecular weight excluding hydrogens is 542 g/mol. The third-order valence-electron chi connectivity index (χ3n) is 6.40. The highest BCUT2D eigenvalue weighted by Crippen LogP contribution is 2.30. The van der Waals surface area contributed by atoms with E-state index in [0.717, 1.165) is 5.56 Å². The zero-order chi connectivity index (χ0) is 28.8. The van der Waals surface area contributed by atoms with Crippen LogP contribution in [0.3, 0.4) is 0 Å². The maximum Gasteiger partial charge on any atom is 0.410 e. The number of fused-ring (bicyclic) bond motifs is 1. The van der Waals surface area contributed by atoms with Gasteiger partial charge in [-0.3, -0.25) is 4.72 Å². The minimum atomic E-state index is -4.06. The van der Waals surface area contributed by atoms with Crippen molar-refractivity contribution in [3.05, 3.63) is 53.7 Å². The molecule has 11 nitrogen and oxygen atoms in total. The fraction of sp³-hybridized carbons (Fsp3) is 0.385. The summed E-state index contributed by atoms with van der Waals surface area (Å²) >= 11 is 0. The summed E-state index contributed by atoms with van der Waals surface area (Å²) in [5.41, 5.74) is 1.31. The molecule has 0 bridgehead atoms. The lowest BCUT2D eigenvalue weighted by Crippen LogP contribution is -2.56. The first-order chi connectivity index (χ1) is 18.1. The number of carbonyl (C=O) groups excluding carboxylic acids is 1. The number of anilines is 1. The minimum absolute atomic E-state index is 0.0554. The number of amides is 1. The first-order valence-electron chi connectivity index (χ1n) is 12.3. The molecule has 0 saturated carbocycles. The number of piperazine rings is 1. The fourth-order valence-electron chi connectivity index (χ4n) is 4.47. The number of benzene rings is 2. The van der Waals surface area contributed by atoms with Crippen LogP contribution in [0.5, 0.6) is 0 Å². The van der Waals surface area contributed by atoms with Gasteiger partial charge in [0.05, 0.1) is 26.6 Å². The molecule has 1 aromatic heterocycles. The SMILES string of the molecule is Cc1ccc(NS(=O)(=O)c2ccc(S(=O)(=O)N3CCN(C(=O)OC(C)(C)C)C(C)C3)cc2)c2[nH]cc(C#N)c12. The standard InChI is InChI=1S/C26H31N5O6S2/c1-17-6-11-22(24-23(17)19(14-27)15-28-24)29-38(33,34)20-7-9-21(10-8-20)39(35,36)30-12-13-31(18(2)16-30)25(32)37-26(3,4)5/h6-11,15,18,28-29H,12-13,16H2,1-5H3. The Morgan fingerprint density at radius 2 is 1.72 bits per heavy atom. The van der Waals surface area contributed by atoms with Gasteiger partial charge in [0.15, 0.2) is 0 Å². The fourth-order valence-corrected chi connectivity index (χ4v) is 7.06. The number of nitriles is 1. The highest BCUT2D eigenvalue weighted by molar-refractivity contribution is 7.92. The van der Waals surface area contributed by atoms with Crippen molar-refractivity contribution >= 4 is 42.7 Å². The topological polar surface area (TPSA) is 153 Å². The minimum Gasteiger partial charge on any atom is -0.444 e. The Hall–Kier alpha value is -3.60. The van der Waals surface area contributed by atoms with Gasteiger partial charge in [0.25, 0.3) is 10.0 Å². The Bertz CT molecular complexity index is 1670. The van der Waals surface area contributed by atoms with Crippen LogP contribution in [-0.4, -0.2) is 68.4 Å². The van der Waals surface area contributed by atoms with E-state index in [2.05, 4.69) is 15.8 Å². The molecule has 208 valence electrons. The van der Waals surface area contributed by atoms with Crippen LogP contribution in [0, 0.1) is 18.3 Å². The van der Waals surface area contributed by atoms with Gasteiger partial charge in [-0.1, -0.05) is 6.07 Å². The van der Waals surface area contributed by atoms with Crippen molar-refractivity contribution in [2.24, 2.45) is 0 Å². The number of carbonyl (C=O) groups is 1. The molecule has 2 heterocycles. The van der Waals surface area contributed by atoms with Crippen molar-refractivity contribution in [3.63, 3.8) is 0 Å². The van der Waals surface area contributed by atoms with E-state index in [1.807, 2.05) is 6.92 Å². The number of hydrogen-bond donors (Lipinski definition) is 2. The summed E-state index contributed by atoms with van der Waals surface area (Å²) in [5, 5.41) is 9.97. The summed E-state index contributed by atoms with van der Waals surface area (Å²) in [6, 6.07) is 9.96. The monoisotopic (exact) mass is 573 g/mol. The number of ether oxygens (including phenoxy) is 1. The van der Waals surface area contributed by atoms with E-state index in [4.69, 9.17) is 4.74 Å². The van der Waals surface area contributed by atoms with Crippen molar-refractivity contribution in [1.82, 2.24) is 14.2 Å². The summed E-state index contributed by atoms with van der Waals surface area (Å²) in [6.45, 7) is 9.20. The molecule has 1 fully saturated rings. The van der Waals surface area contributed by atoms with Gasteiger partial charge in [0.2, 0.25) is 10.0 Å². The van der Waals surface area contributed by atoms with Crippen molar-refractivity contribution in [2.45, 2.75) is 56.1 Å². The summed E-state index contributed by atoms with van der Waals surface area (Å²) in [6.07, 6.45) is 1.02. The lowest BCUT2D eigenvalue weighted by atomic mass is 10.1. The van der Waals surface area contributed by atoms with E-state index >= 15 is 0 Å². The highest BCUT2D eigenvalue weighted by atomic mass is 32.2. The predicted octanol–water partition coefficient (Wildman–Crippen LogP) is 3.78. The van der Waals surface area contributed by atoms with Crippen LogP contribution >= 0.6 is 0 Å². The van der Waals surface area contributed by atoms with Gasteiger partial charge < -0.3 is 14.6 Å². The lowest BCUT2D eigenvalue weighted by molar-refractivity contribution is 0.00858. The van der Waals surface area contributed by atoms with Crippen LogP contribution in [0.2, 0.25) is 0 Å². The molecule has 1 amide bonds. The molecule has 1 atom stereocenters. The molecule has 1 saturated heterocycles. The smallest absolute Gasteiger partial charge is 0.410 e. The number of nitrogens with zero attached hydrogens (tertiary/aromatic N) is 3. The van der Waals surface area contributed by atoms with E-state index in [1.54, 1.807) is 39.8 Å². The van der Waals surface area contributed by atoms with Gasteiger partial charge in [-0.2, -0.15) is 9.57 Å². The Labute approximate surface area is 228 Å². The van der Waals surface area contributed by atoms with Crippen molar-refractivity contribution in [1.29, 1.82) is 5.26 Å². The maximum absolute atomic E-state index is 13.3. The first kappa shape index (κ1) is 28.4. The summed E-state index contributed by atoms with van der Waals surface area (Å²) in [7, 11) is -7.99. The normalized spacial score (nSPS) is 17.1. The Morgan fingerprint density at radius 1 is 1.08 bits per heavy atom. The van der Waals surface area contributed by atoms with Gasteiger partial charge in [-0.15, -0.1) is 0 Å². The van der Waals surface area contributed by atoms with Crippen molar-refractivity contribution in [3.8, 4) is 6.07 Å². The van der Waals surface area contributed by atoms with E-state index < -0.39 is 37.8 Å². The zero-order valence-electron chi connectivity index (χ0n) is 22.3. The third kappa shape index (κ3) is 5.73. The molecule has 2 N–H and O–H groups in total. The molecular formula is C26H31N5O6S2. The van der Waals surface area contributed by atoms with Crippen molar-refractivity contribution in [2.75, 3.05) is 24.4 Å². The van der Waals surface area contributed by atoms with Crippen LogP contribution in [0.4, 0.5) is 10.5 Å².